The first-order valence-corrected chi connectivity index (χ1v) is 6.59. The maximum absolute atomic E-state index is 9.39. The summed E-state index contributed by atoms with van der Waals surface area (Å²) < 4.78 is 0. The van der Waals surface area contributed by atoms with Crippen molar-refractivity contribution in [1.29, 1.82) is 0 Å². The van der Waals surface area contributed by atoms with Gasteiger partial charge in [0.15, 0.2) is 0 Å². The molecular weight excluding hydrogens is 246 g/mol. The number of pyridine rings is 1. The summed E-state index contributed by atoms with van der Waals surface area (Å²) in [7, 11) is 0. The molecule has 98 valence electrons. The topological polar surface area (TPSA) is 33.1 Å². The van der Waals surface area contributed by atoms with Crippen molar-refractivity contribution in [2.75, 3.05) is 0 Å². The van der Waals surface area contributed by atoms with Crippen LogP contribution >= 0.6 is 0 Å². The number of hydrogen-bond donors (Lipinski definition) is 1. The Hall–Kier alpha value is -2.45. The molecule has 20 heavy (non-hydrogen) atoms. The van der Waals surface area contributed by atoms with Gasteiger partial charge >= 0.3 is 0 Å². The Labute approximate surface area is 118 Å². The second-order valence-corrected chi connectivity index (χ2v) is 4.61. The number of hydrogen-bond acceptors (Lipinski definition) is 2. The molecule has 0 fully saturated rings. The van der Waals surface area contributed by atoms with Crippen LogP contribution in [0.3, 0.4) is 0 Å². The lowest BCUT2D eigenvalue weighted by Crippen LogP contribution is -1.90. The number of aliphatic hydroxyl groups is 1. The second-order valence-electron chi connectivity index (χ2n) is 4.61. The Kier molecular flexibility index (Phi) is 3.57. The normalized spacial score (nSPS) is 10.4. The molecule has 0 bridgehead atoms. The fraction of sp³-hybridized carbons (Fsp3) is 0.0556. The van der Waals surface area contributed by atoms with Crippen LogP contribution in [0.4, 0.5) is 0 Å². The van der Waals surface area contributed by atoms with Gasteiger partial charge in [-0.3, -0.25) is 4.98 Å². The van der Waals surface area contributed by atoms with Crippen molar-refractivity contribution in [3.05, 3.63) is 78.5 Å². The summed E-state index contributed by atoms with van der Waals surface area (Å²) in [4.78, 5) is 4.52. The van der Waals surface area contributed by atoms with E-state index in [0.717, 1.165) is 27.9 Å². The predicted octanol–water partition coefficient (Wildman–Crippen LogP) is 3.91. The first-order chi connectivity index (χ1) is 9.88. The lowest BCUT2D eigenvalue weighted by molar-refractivity contribution is 0.282. The van der Waals surface area contributed by atoms with E-state index in [0.29, 0.717) is 0 Å². The van der Waals surface area contributed by atoms with E-state index in [2.05, 4.69) is 4.98 Å². The fourth-order valence-electron chi connectivity index (χ4n) is 2.27. The van der Waals surface area contributed by atoms with Crippen LogP contribution in [0.5, 0.6) is 0 Å². The van der Waals surface area contributed by atoms with Gasteiger partial charge in [0.05, 0.1) is 12.3 Å². The Balaban J connectivity index is 1.98. The largest absolute Gasteiger partial charge is 0.392 e. The summed E-state index contributed by atoms with van der Waals surface area (Å²) in [5.74, 6) is 0. The molecule has 3 aromatic rings. The number of aliphatic hydroxyl groups excluding tert-OH is 1. The van der Waals surface area contributed by atoms with E-state index >= 15 is 0 Å². The van der Waals surface area contributed by atoms with E-state index in [1.807, 2.05) is 72.9 Å². The summed E-state index contributed by atoms with van der Waals surface area (Å²) in [5.41, 5.74) is 5.03. The van der Waals surface area contributed by atoms with Gasteiger partial charge < -0.3 is 5.11 Å². The van der Waals surface area contributed by atoms with Gasteiger partial charge in [-0.1, -0.05) is 60.7 Å². The molecule has 2 nitrogen and oxygen atoms in total. The molecule has 2 heteroatoms. The van der Waals surface area contributed by atoms with Crippen LogP contribution in [0.2, 0.25) is 0 Å². The molecule has 0 amide bonds. The standard InChI is InChI=1S/C18H15NO/c20-13-16-8-4-5-9-17(16)15-10-11-18(19-12-15)14-6-2-1-3-7-14/h1-12,20H,13H2. The molecule has 0 saturated heterocycles. The highest BCUT2D eigenvalue weighted by atomic mass is 16.3. The van der Waals surface area contributed by atoms with E-state index in [4.69, 9.17) is 0 Å². The van der Waals surface area contributed by atoms with Crippen molar-refractivity contribution >= 4 is 0 Å². The Morgan fingerprint density at radius 3 is 2.20 bits per heavy atom. The quantitative estimate of drug-likeness (QED) is 0.775. The molecule has 0 saturated carbocycles. The van der Waals surface area contributed by atoms with Crippen LogP contribution in [-0.2, 0) is 6.61 Å². The summed E-state index contributed by atoms with van der Waals surface area (Å²) in [6, 6.07) is 22.0. The highest BCUT2D eigenvalue weighted by Crippen LogP contribution is 2.25. The van der Waals surface area contributed by atoms with Crippen molar-refractivity contribution < 1.29 is 5.11 Å². The molecule has 0 radical (unpaired) electrons. The van der Waals surface area contributed by atoms with Crippen molar-refractivity contribution in [3.63, 3.8) is 0 Å². The molecule has 2 aromatic carbocycles. The summed E-state index contributed by atoms with van der Waals surface area (Å²) in [6.07, 6.45) is 1.86. The van der Waals surface area contributed by atoms with Crippen LogP contribution in [0.1, 0.15) is 5.56 Å². The Morgan fingerprint density at radius 1 is 0.750 bits per heavy atom. The minimum atomic E-state index is 0.0383. The Morgan fingerprint density at radius 2 is 1.50 bits per heavy atom. The molecule has 0 aliphatic heterocycles. The third kappa shape index (κ3) is 2.46. The molecule has 1 heterocycles. The molecule has 1 aromatic heterocycles. The van der Waals surface area contributed by atoms with Gasteiger partial charge in [0.1, 0.15) is 0 Å². The van der Waals surface area contributed by atoms with Crippen molar-refractivity contribution in [2.24, 2.45) is 0 Å². The zero-order valence-corrected chi connectivity index (χ0v) is 11.0. The van der Waals surface area contributed by atoms with Gasteiger partial charge in [-0.2, -0.15) is 0 Å². The van der Waals surface area contributed by atoms with Crippen molar-refractivity contribution in [1.82, 2.24) is 4.98 Å². The maximum Gasteiger partial charge on any atom is 0.0702 e. The van der Waals surface area contributed by atoms with Gasteiger partial charge in [-0.05, 0) is 17.2 Å². The van der Waals surface area contributed by atoms with Gasteiger partial charge in [-0.15, -0.1) is 0 Å². The van der Waals surface area contributed by atoms with Gasteiger partial charge in [0.2, 0.25) is 0 Å². The Bertz CT molecular complexity index is 690. The molecule has 3 rings (SSSR count). The summed E-state index contributed by atoms with van der Waals surface area (Å²) >= 11 is 0. The molecule has 0 atom stereocenters. The smallest absolute Gasteiger partial charge is 0.0702 e. The first kappa shape index (κ1) is 12.6. The lowest BCUT2D eigenvalue weighted by Gasteiger charge is -2.08. The first-order valence-electron chi connectivity index (χ1n) is 6.59. The zero-order chi connectivity index (χ0) is 13.8. The van der Waals surface area contributed by atoms with Crippen molar-refractivity contribution in [3.8, 4) is 22.4 Å². The summed E-state index contributed by atoms with van der Waals surface area (Å²) in [5, 5.41) is 9.39. The minimum Gasteiger partial charge on any atom is -0.392 e. The average molecular weight is 261 g/mol. The van der Waals surface area contributed by atoms with Crippen LogP contribution in [0.25, 0.3) is 22.4 Å². The highest BCUT2D eigenvalue weighted by molar-refractivity contribution is 5.69. The van der Waals surface area contributed by atoms with E-state index in [-0.39, 0.29) is 6.61 Å². The molecule has 0 aliphatic carbocycles. The van der Waals surface area contributed by atoms with Crippen LogP contribution in [-0.4, -0.2) is 10.1 Å². The van der Waals surface area contributed by atoms with Gasteiger partial charge in [0.25, 0.3) is 0 Å². The number of benzene rings is 2. The number of aromatic nitrogens is 1. The predicted molar refractivity (Wildman–Crippen MR) is 81.0 cm³/mol. The van der Waals surface area contributed by atoms with E-state index in [9.17, 15) is 5.11 Å². The van der Waals surface area contributed by atoms with Gasteiger partial charge in [-0.25, -0.2) is 0 Å². The highest BCUT2D eigenvalue weighted by Gasteiger charge is 2.05. The average Bonchev–Trinajstić information content (AvgIpc) is 2.56. The third-order valence-electron chi connectivity index (χ3n) is 3.33. The fourth-order valence-corrected chi connectivity index (χ4v) is 2.27. The monoisotopic (exact) mass is 261 g/mol. The maximum atomic E-state index is 9.39. The van der Waals surface area contributed by atoms with E-state index < -0.39 is 0 Å². The molecule has 0 spiro atoms. The second kappa shape index (κ2) is 5.68. The molecular formula is C18H15NO. The molecule has 0 unspecified atom stereocenters. The van der Waals surface area contributed by atoms with Crippen molar-refractivity contribution in [2.45, 2.75) is 6.61 Å². The number of rotatable bonds is 3. The zero-order valence-electron chi connectivity index (χ0n) is 11.0. The molecule has 1 N–H and O–H groups in total. The van der Waals surface area contributed by atoms with E-state index in [1.165, 1.54) is 0 Å². The minimum absolute atomic E-state index is 0.0383. The SMILES string of the molecule is OCc1ccccc1-c1ccc(-c2ccccc2)nc1. The van der Waals surface area contributed by atoms with Crippen LogP contribution in [0, 0.1) is 0 Å². The van der Waals surface area contributed by atoms with Crippen LogP contribution < -0.4 is 0 Å². The molecule has 0 aliphatic rings. The van der Waals surface area contributed by atoms with Gasteiger partial charge in [0, 0.05) is 17.3 Å². The third-order valence-corrected chi connectivity index (χ3v) is 3.33. The van der Waals surface area contributed by atoms with Crippen LogP contribution in [0.15, 0.2) is 72.9 Å². The number of nitrogens with zero attached hydrogens (tertiary/aromatic N) is 1. The summed E-state index contributed by atoms with van der Waals surface area (Å²) in [6.45, 7) is 0.0383. The van der Waals surface area contributed by atoms with E-state index in [1.54, 1.807) is 0 Å². The lowest BCUT2D eigenvalue weighted by atomic mass is 10.0.